The molecule has 17 heavy (non-hydrogen) atoms. The Labute approximate surface area is 104 Å². The first-order valence-corrected chi connectivity index (χ1v) is 6.71. The third-order valence-corrected chi connectivity index (χ3v) is 3.80. The van der Waals surface area contributed by atoms with E-state index in [-0.39, 0.29) is 6.10 Å². The number of aliphatic hydroxyl groups is 1. The molecule has 2 rings (SSSR count). The highest BCUT2D eigenvalue weighted by atomic mass is 16.3. The van der Waals surface area contributed by atoms with E-state index in [1.165, 1.54) is 12.0 Å². The van der Waals surface area contributed by atoms with Crippen molar-refractivity contribution in [3.63, 3.8) is 0 Å². The molecule has 1 aromatic carbocycles. The van der Waals surface area contributed by atoms with Gasteiger partial charge >= 0.3 is 0 Å². The molecule has 2 nitrogen and oxygen atoms in total. The molecule has 0 saturated carbocycles. The molecule has 1 aliphatic rings. The summed E-state index contributed by atoms with van der Waals surface area (Å²) >= 11 is 0. The summed E-state index contributed by atoms with van der Waals surface area (Å²) < 4.78 is 0. The second-order valence-corrected chi connectivity index (χ2v) is 5.17. The molecular weight excluding hydrogens is 210 g/mol. The molecule has 1 fully saturated rings. The average Bonchev–Trinajstić information content (AvgIpc) is 2.39. The minimum atomic E-state index is -0.0576. The maximum Gasteiger partial charge on any atom is 0.0564 e. The van der Waals surface area contributed by atoms with Crippen molar-refractivity contribution in [2.45, 2.75) is 38.2 Å². The van der Waals surface area contributed by atoms with Crippen LogP contribution in [0.25, 0.3) is 0 Å². The minimum absolute atomic E-state index is 0.0576. The number of likely N-dealkylation sites (tertiary alicyclic amines) is 1. The molecule has 0 spiro atoms. The fourth-order valence-corrected chi connectivity index (χ4v) is 2.47. The zero-order valence-corrected chi connectivity index (χ0v) is 10.7. The van der Waals surface area contributed by atoms with Crippen LogP contribution >= 0.6 is 0 Å². The van der Waals surface area contributed by atoms with Crippen LogP contribution in [-0.2, 0) is 0 Å². The maximum absolute atomic E-state index is 9.46. The monoisotopic (exact) mass is 233 g/mol. The Kier molecular flexibility index (Phi) is 4.57. The van der Waals surface area contributed by atoms with Crippen molar-refractivity contribution in [2.75, 3.05) is 19.6 Å². The number of nitrogens with zero attached hydrogens (tertiary/aromatic N) is 1. The smallest absolute Gasteiger partial charge is 0.0564 e. The molecule has 1 atom stereocenters. The zero-order valence-electron chi connectivity index (χ0n) is 10.7. The summed E-state index contributed by atoms with van der Waals surface area (Å²) in [5.41, 5.74) is 1.43. The van der Waals surface area contributed by atoms with Crippen LogP contribution in [0.3, 0.4) is 0 Å². The molecule has 1 N–H and O–H groups in total. The molecule has 94 valence electrons. The van der Waals surface area contributed by atoms with Gasteiger partial charge in [0.1, 0.15) is 0 Å². The minimum Gasteiger partial charge on any atom is -0.393 e. The molecule has 1 aromatic rings. The van der Waals surface area contributed by atoms with Gasteiger partial charge < -0.3 is 10.0 Å². The van der Waals surface area contributed by atoms with E-state index < -0.39 is 0 Å². The predicted octanol–water partition coefficient (Wildman–Crippen LogP) is 2.64. The molecule has 2 heteroatoms. The van der Waals surface area contributed by atoms with E-state index in [4.69, 9.17) is 0 Å². The van der Waals surface area contributed by atoms with Gasteiger partial charge in [-0.2, -0.15) is 0 Å². The Balaban J connectivity index is 1.75. The zero-order chi connectivity index (χ0) is 12.1. The fraction of sp³-hybridized carbons (Fsp3) is 0.600. The second kappa shape index (κ2) is 6.18. The molecule has 0 amide bonds. The Morgan fingerprint density at radius 2 is 1.88 bits per heavy atom. The summed E-state index contributed by atoms with van der Waals surface area (Å²) in [4.78, 5) is 2.48. The normalized spacial score (nSPS) is 20.4. The van der Waals surface area contributed by atoms with E-state index in [2.05, 4.69) is 42.2 Å². The molecule has 1 aliphatic heterocycles. The van der Waals surface area contributed by atoms with Gasteiger partial charge in [0.15, 0.2) is 0 Å². The fourth-order valence-electron chi connectivity index (χ4n) is 2.47. The van der Waals surface area contributed by atoms with Gasteiger partial charge in [-0.05, 0) is 37.3 Å². The standard InChI is InChI=1S/C15H23NO/c1-13(14-5-3-2-4-6-14)7-10-16-11-8-15(17)9-12-16/h2-6,13,15,17H,7-12H2,1H3. The van der Waals surface area contributed by atoms with Gasteiger partial charge in [-0.3, -0.25) is 0 Å². The first-order chi connectivity index (χ1) is 8.25. The van der Waals surface area contributed by atoms with Crippen LogP contribution in [0, 0.1) is 0 Å². The van der Waals surface area contributed by atoms with E-state index >= 15 is 0 Å². The van der Waals surface area contributed by atoms with E-state index in [1.807, 2.05) is 0 Å². The first kappa shape index (κ1) is 12.6. The Hall–Kier alpha value is -0.860. The summed E-state index contributed by atoms with van der Waals surface area (Å²) in [6.45, 7) is 5.57. The van der Waals surface area contributed by atoms with E-state index in [0.29, 0.717) is 5.92 Å². The third-order valence-electron chi connectivity index (χ3n) is 3.80. The van der Waals surface area contributed by atoms with Crippen molar-refractivity contribution in [2.24, 2.45) is 0 Å². The lowest BCUT2D eigenvalue weighted by Crippen LogP contribution is -2.36. The predicted molar refractivity (Wildman–Crippen MR) is 71.2 cm³/mol. The molecule has 1 saturated heterocycles. The van der Waals surface area contributed by atoms with Gasteiger partial charge in [-0.1, -0.05) is 37.3 Å². The largest absolute Gasteiger partial charge is 0.393 e. The van der Waals surface area contributed by atoms with Crippen LogP contribution in [0.1, 0.15) is 37.7 Å². The van der Waals surface area contributed by atoms with Crippen LogP contribution in [0.15, 0.2) is 30.3 Å². The van der Waals surface area contributed by atoms with Crippen LogP contribution in [-0.4, -0.2) is 35.7 Å². The third kappa shape index (κ3) is 3.83. The first-order valence-electron chi connectivity index (χ1n) is 6.71. The van der Waals surface area contributed by atoms with Crippen molar-refractivity contribution in [1.82, 2.24) is 4.90 Å². The molecule has 0 bridgehead atoms. The highest BCUT2D eigenvalue weighted by molar-refractivity contribution is 5.18. The lowest BCUT2D eigenvalue weighted by Gasteiger charge is -2.30. The van der Waals surface area contributed by atoms with Crippen LogP contribution < -0.4 is 0 Å². The molecule has 0 aliphatic carbocycles. The highest BCUT2D eigenvalue weighted by Gasteiger charge is 2.17. The molecule has 0 radical (unpaired) electrons. The number of hydrogen-bond acceptors (Lipinski definition) is 2. The number of hydrogen-bond donors (Lipinski definition) is 1. The molecule has 1 heterocycles. The topological polar surface area (TPSA) is 23.5 Å². The van der Waals surface area contributed by atoms with E-state index in [1.54, 1.807) is 0 Å². The summed E-state index contributed by atoms with van der Waals surface area (Å²) in [5.74, 6) is 0.628. The van der Waals surface area contributed by atoms with Crippen LogP contribution in [0.5, 0.6) is 0 Å². The lowest BCUT2D eigenvalue weighted by atomic mass is 9.97. The van der Waals surface area contributed by atoms with Gasteiger partial charge in [-0.15, -0.1) is 0 Å². The number of piperidine rings is 1. The summed E-state index contributed by atoms with van der Waals surface area (Å²) in [5, 5.41) is 9.46. The van der Waals surface area contributed by atoms with Crippen LogP contribution in [0.4, 0.5) is 0 Å². The summed E-state index contributed by atoms with van der Waals surface area (Å²) in [6, 6.07) is 10.7. The molecular formula is C15H23NO. The van der Waals surface area contributed by atoms with Crippen molar-refractivity contribution >= 4 is 0 Å². The SMILES string of the molecule is CC(CCN1CCC(O)CC1)c1ccccc1. The summed E-state index contributed by atoms with van der Waals surface area (Å²) in [6.07, 6.45) is 3.04. The van der Waals surface area contributed by atoms with E-state index in [9.17, 15) is 5.11 Å². The van der Waals surface area contributed by atoms with Gasteiger partial charge in [0, 0.05) is 13.1 Å². The van der Waals surface area contributed by atoms with Crippen LogP contribution in [0.2, 0.25) is 0 Å². The van der Waals surface area contributed by atoms with Gasteiger partial charge in [0.05, 0.1) is 6.10 Å². The molecule has 0 aromatic heterocycles. The van der Waals surface area contributed by atoms with E-state index in [0.717, 1.165) is 32.5 Å². The van der Waals surface area contributed by atoms with Crippen molar-refractivity contribution in [3.05, 3.63) is 35.9 Å². The van der Waals surface area contributed by atoms with Crippen molar-refractivity contribution in [3.8, 4) is 0 Å². The average molecular weight is 233 g/mol. The second-order valence-electron chi connectivity index (χ2n) is 5.17. The number of benzene rings is 1. The molecule has 1 unspecified atom stereocenters. The number of aliphatic hydroxyl groups excluding tert-OH is 1. The van der Waals surface area contributed by atoms with Gasteiger partial charge in [0.25, 0.3) is 0 Å². The van der Waals surface area contributed by atoms with Crippen molar-refractivity contribution < 1.29 is 5.11 Å². The Morgan fingerprint density at radius 3 is 2.53 bits per heavy atom. The highest BCUT2D eigenvalue weighted by Crippen LogP contribution is 2.20. The number of rotatable bonds is 4. The van der Waals surface area contributed by atoms with Gasteiger partial charge in [-0.25, -0.2) is 0 Å². The quantitative estimate of drug-likeness (QED) is 0.864. The lowest BCUT2D eigenvalue weighted by molar-refractivity contribution is 0.0814. The van der Waals surface area contributed by atoms with Gasteiger partial charge in [0.2, 0.25) is 0 Å². The van der Waals surface area contributed by atoms with Crippen molar-refractivity contribution in [1.29, 1.82) is 0 Å². The maximum atomic E-state index is 9.46. The Morgan fingerprint density at radius 1 is 1.24 bits per heavy atom. The summed E-state index contributed by atoms with van der Waals surface area (Å²) in [7, 11) is 0. The Bertz CT molecular complexity index is 317.